The molecular weight excluding hydrogens is 212 g/mol. The Kier molecular flexibility index (Phi) is 5.39. The second-order valence-corrected chi connectivity index (χ2v) is 4.77. The van der Waals surface area contributed by atoms with Crippen molar-refractivity contribution in [3.63, 3.8) is 0 Å². The van der Waals surface area contributed by atoms with Crippen LogP contribution in [0.1, 0.15) is 56.0 Å². The molecule has 0 fully saturated rings. The molecule has 0 amide bonds. The van der Waals surface area contributed by atoms with Crippen molar-refractivity contribution >= 4 is 5.78 Å². The lowest BCUT2D eigenvalue weighted by Crippen LogP contribution is -2.01. The van der Waals surface area contributed by atoms with E-state index in [-0.39, 0.29) is 0 Å². The van der Waals surface area contributed by atoms with Crippen molar-refractivity contribution in [2.24, 2.45) is 7.05 Å². The summed E-state index contributed by atoms with van der Waals surface area (Å²) in [7, 11) is 1.95. The molecule has 17 heavy (non-hydrogen) atoms. The molecule has 0 aliphatic rings. The van der Waals surface area contributed by atoms with Crippen LogP contribution in [0.15, 0.2) is 0 Å². The Hall–Kier alpha value is -1.12. The fraction of sp³-hybridized carbons (Fsp3) is 0.714. The highest BCUT2D eigenvalue weighted by Gasteiger charge is 2.10. The molecule has 0 aliphatic carbocycles. The number of carbonyl (C=O) groups is 1. The standard InChI is InChI=1S/C14H24N2O/c1-5-6-7-8-13(17)9-10-14-11(2)15-16(4)12(14)3/h5-10H2,1-4H3. The third kappa shape index (κ3) is 3.99. The zero-order chi connectivity index (χ0) is 12.8. The van der Waals surface area contributed by atoms with Crippen molar-refractivity contribution in [1.82, 2.24) is 9.78 Å². The minimum atomic E-state index is 0.390. The summed E-state index contributed by atoms with van der Waals surface area (Å²) in [5.74, 6) is 0.390. The Morgan fingerprint density at radius 3 is 2.47 bits per heavy atom. The highest BCUT2D eigenvalue weighted by molar-refractivity contribution is 5.78. The van der Waals surface area contributed by atoms with Gasteiger partial charge in [-0.15, -0.1) is 0 Å². The Morgan fingerprint density at radius 1 is 1.24 bits per heavy atom. The predicted octanol–water partition coefficient (Wildman–Crippen LogP) is 3.12. The zero-order valence-corrected chi connectivity index (χ0v) is 11.5. The molecule has 0 saturated heterocycles. The second kappa shape index (κ2) is 6.58. The molecule has 96 valence electrons. The van der Waals surface area contributed by atoms with E-state index in [1.54, 1.807) is 0 Å². The van der Waals surface area contributed by atoms with Crippen LogP contribution in [0, 0.1) is 13.8 Å². The summed E-state index contributed by atoms with van der Waals surface area (Å²) in [5.41, 5.74) is 3.49. The zero-order valence-electron chi connectivity index (χ0n) is 11.5. The molecule has 0 atom stereocenters. The number of nitrogens with zero attached hydrogens (tertiary/aromatic N) is 2. The molecule has 1 aromatic rings. The minimum absolute atomic E-state index is 0.390. The lowest BCUT2D eigenvalue weighted by atomic mass is 10.0. The molecule has 0 radical (unpaired) electrons. The van der Waals surface area contributed by atoms with E-state index in [1.807, 2.05) is 18.7 Å². The third-order valence-corrected chi connectivity index (χ3v) is 3.37. The Bertz CT molecular complexity index is 380. The molecule has 1 heterocycles. The number of hydrogen-bond donors (Lipinski definition) is 0. The number of Topliss-reactive ketones (excluding diaryl/α,β-unsaturated/α-hetero) is 1. The molecule has 0 aromatic carbocycles. The predicted molar refractivity (Wildman–Crippen MR) is 70.2 cm³/mol. The van der Waals surface area contributed by atoms with Gasteiger partial charge in [0.2, 0.25) is 0 Å². The smallest absolute Gasteiger partial charge is 0.133 e. The number of rotatable bonds is 7. The summed E-state index contributed by atoms with van der Waals surface area (Å²) < 4.78 is 1.90. The first kappa shape index (κ1) is 13.9. The van der Waals surface area contributed by atoms with Crippen molar-refractivity contribution in [3.8, 4) is 0 Å². The average Bonchev–Trinajstić information content (AvgIpc) is 2.51. The van der Waals surface area contributed by atoms with Crippen LogP contribution in [0.5, 0.6) is 0 Å². The lowest BCUT2D eigenvalue weighted by molar-refractivity contribution is -0.119. The van der Waals surface area contributed by atoms with Gasteiger partial charge < -0.3 is 0 Å². The quantitative estimate of drug-likeness (QED) is 0.682. The van der Waals surface area contributed by atoms with Gasteiger partial charge in [0.1, 0.15) is 5.78 Å². The van der Waals surface area contributed by atoms with Crippen LogP contribution in [0.2, 0.25) is 0 Å². The van der Waals surface area contributed by atoms with Crippen molar-refractivity contribution in [2.45, 2.75) is 59.3 Å². The second-order valence-electron chi connectivity index (χ2n) is 4.77. The maximum atomic E-state index is 11.7. The molecule has 0 saturated carbocycles. The summed E-state index contributed by atoms with van der Waals surface area (Å²) in [4.78, 5) is 11.7. The van der Waals surface area contributed by atoms with E-state index in [0.717, 1.165) is 31.4 Å². The fourth-order valence-corrected chi connectivity index (χ4v) is 2.14. The number of ketones is 1. The Labute approximate surface area is 104 Å². The third-order valence-electron chi connectivity index (χ3n) is 3.37. The summed E-state index contributed by atoms with van der Waals surface area (Å²) in [6.45, 7) is 6.24. The van der Waals surface area contributed by atoms with E-state index >= 15 is 0 Å². The van der Waals surface area contributed by atoms with Gasteiger partial charge >= 0.3 is 0 Å². The number of aromatic nitrogens is 2. The Morgan fingerprint density at radius 2 is 1.94 bits per heavy atom. The molecular formula is C14H24N2O. The van der Waals surface area contributed by atoms with E-state index in [4.69, 9.17) is 0 Å². The van der Waals surface area contributed by atoms with Crippen molar-refractivity contribution in [2.75, 3.05) is 0 Å². The lowest BCUT2D eigenvalue weighted by Gasteiger charge is -2.02. The van der Waals surface area contributed by atoms with Gasteiger partial charge in [0.05, 0.1) is 5.69 Å². The summed E-state index contributed by atoms with van der Waals surface area (Å²) in [5, 5.41) is 4.37. The number of unbranched alkanes of at least 4 members (excludes halogenated alkanes) is 2. The highest BCUT2D eigenvalue weighted by Crippen LogP contribution is 2.15. The largest absolute Gasteiger partial charge is 0.300 e. The summed E-state index contributed by atoms with van der Waals surface area (Å²) in [6, 6.07) is 0. The first-order valence-electron chi connectivity index (χ1n) is 6.57. The van der Waals surface area contributed by atoms with Gasteiger partial charge in [0.25, 0.3) is 0 Å². The van der Waals surface area contributed by atoms with Gasteiger partial charge in [-0.05, 0) is 32.3 Å². The topological polar surface area (TPSA) is 34.9 Å². The van der Waals surface area contributed by atoms with Gasteiger partial charge in [-0.2, -0.15) is 5.10 Å². The van der Waals surface area contributed by atoms with Crippen LogP contribution in [0.4, 0.5) is 0 Å². The van der Waals surface area contributed by atoms with E-state index in [9.17, 15) is 4.79 Å². The van der Waals surface area contributed by atoms with E-state index in [0.29, 0.717) is 12.2 Å². The minimum Gasteiger partial charge on any atom is -0.300 e. The van der Waals surface area contributed by atoms with Crippen LogP contribution < -0.4 is 0 Å². The van der Waals surface area contributed by atoms with Crippen molar-refractivity contribution < 1.29 is 4.79 Å². The first-order valence-corrected chi connectivity index (χ1v) is 6.57. The molecule has 3 heteroatoms. The summed E-state index contributed by atoms with van der Waals surface area (Å²) >= 11 is 0. The van der Waals surface area contributed by atoms with Crippen LogP contribution >= 0.6 is 0 Å². The van der Waals surface area contributed by atoms with E-state index in [1.165, 1.54) is 17.7 Å². The average molecular weight is 236 g/mol. The molecule has 1 aromatic heterocycles. The van der Waals surface area contributed by atoms with Gasteiger partial charge in [0.15, 0.2) is 0 Å². The maximum Gasteiger partial charge on any atom is 0.133 e. The van der Waals surface area contributed by atoms with Gasteiger partial charge in [-0.25, -0.2) is 0 Å². The van der Waals surface area contributed by atoms with Gasteiger partial charge in [0, 0.05) is 25.6 Å². The van der Waals surface area contributed by atoms with Crippen LogP contribution in [0.25, 0.3) is 0 Å². The van der Waals surface area contributed by atoms with Crippen LogP contribution in [0.3, 0.4) is 0 Å². The fourth-order valence-electron chi connectivity index (χ4n) is 2.14. The van der Waals surface area contributed by atoms with Crippen molar-refractivity contribution in [3.05, 3.63) is 17.0 Å². The molecule has 0 bridgehead atoms. The summed E-state index contributed by atoms with van der Waals surface area (Å²) in [6.07, 6.45) is 5.63. The number of hydrogen-bond acceptors (Lipinski definition) is 2. The first-order chi connectivity index (χ1) is 8.06. The number of carbonyl (C=O) groups excluding carboxylic acids is 1. The molecule has 3 nitrogen and oxygen atoms in total. The Balaban J connectivity index is 2.42. The molecule has 0 unspecified atom stereocenters. The van der Waals surface area contributed by atoms with Gasteiger partial charge in [-0.1, -0.05) is 19.8 Å². The molecule has 0 aliphatic heterocycles. The monoisotopic (exact) mass is 236 g/mol. The van der Waals surface area contributed by atoms with Crippen LogP contribution in [-0.2, 0) is 18.3 Å². The molecule has 0 spiro atoms. The van der Waals surface area contributed by atoms with E-state index < -0.39 is 0 Å². The molecule has 0 N–H and O–H groups in total. The van der Waals surface area contributed by atoms with Crippen molar-refractivity contribution in [1.29, 1.82) is 0 Å². The molecule has 1 rings (SSSR count). The number of aryl methyl sites for hydroxylation is 2. The van der Waals surface area contributed by atoms with Gasteiger partial charge in [-0.3, -0.25) is 9.48 Å². The van der Waals surface area contributed by atoms with Crippen LogP contribution in [-0.4, -0.2) is 15.6 Å². The highest BCUT2D eigenvalue weighted by atomic mass is 16.1. The normalized spacial score (nSPS) is 10.8. The maximum absolute atomic E-state index is 11.7. The SMILES string of the molecule is CCCCCC(=O)CCc1c(C)nn(C)c1C. The van der Waals surface area contributed by atoms with E-state index in [2.05, 4.69) is 18.9 Å².